The second-order valence-electron chi connectivity index (χ2n) is 4.12. The molecule has 21 heavy (non-hydrogen) atoms. The summed E-state index contributed by atoms with van der Waals surface area (Å²) in [6, 6.07) is 3.14. The van der Waals surface area contributed by atoms with E-state index in [1.807, 2.05) is 0 Å². The van der Waals surface area contributed by atoms with Gasteiger partial charge in [-0.25, -0.2) is 14.4 Å². The monoisotopic (exact) mass is 292 g/mol. The minimum absolute atomic E-state index is 0.0231. The molecule has 0 aromatic heterocycles. The molecule has 8 nitrogen and oxygen atoms in total. The number of hydrogen-bond acceptors (Lipinski definition) is 5. The smallest absolute Gasteiger partial charge is 0.337 e. The second-order valence-corrected chi connectivity index (χ2v) is 4.12. The molecule has 5 N–H and O–H groups in total. The molecule has 0 radical (unpaired) electrons. The van der Waals surface area contributed by atoms with Crippen LogP contribution in [0, 0.1) is 0 Å². The SMILES string of the molecule is O=C(O)c1cc2ccc(O)c(O)c2c(C(=O)O)c1C(=O)O. The van der Waals surface area contributed by atoms with Gasteiger partial charge >= 0.3 is 17.9 Å². The van der Waals surface area contributed by atoms with E-state index >= 15 is 0 Å². The number of benzene rings is 2. The third-order valence-corrected chi connectivity index (χ3v) is 2.92. The number of fused-ring (bicyclic) bond motifs is 1. The summed E-state index contributed by atoms with van der Waals surface area (Å²) in [5.74, 6) is -6.60. The van der Waals surface area contributed by atoms with Gasteiger partial charge in [0.15, 0.2) is 11.5 Å². The maximum atomic E-state index is 11.3. The van der Waals surface area contributed by atoms with Crippen LogP contribution in [-0.4, -0.2) is 43.4 Å². The van der Waals surface area contributed by atoms with Crippen LogP contribution < -0.4 is 0 Å². The molecule has 2 aromatic rings. The minimum atomic E-state index is -1.77. The zero-order chi connectivity index (χ0) is 15.9. The second kappa shape index (κ2) is 4.67. The fraction of sp³-hybridized carbons (Fsp3) is 0. The Hall–Kier alpha value is -3.29. The summed E-state index contributed by atoms with van der Waals surface area (Å²) in [5, 5.41) is 46.0. The van der Waals surface area contributed by atoms with Crippen LogP contribution in [0.3, 0.4) is 0 Å². The molecule has 2 rings (SSSR count). The quantitative estimate of drug-likeness (QED) is 0.531. The van der Waals surface area contributed by atoms with E-state index in [1.165, 1.54) is 6.07 Å². The summed E-state index contributed by atoms with van der Waals surface area (Å²) in [7, 11) is 0. The van der Waals surface area contributed by atoms with Crippen molar-refractivity contribution >= 4 is 28.7 Å². The minimum Gasteiger partial charge on any atom is -0.504 e. The number of aromatic carboxylic acids is 3. The van der Waals surface area contributed by atoms with Gasteiger partial charge in [-0.3, -0.25) is 0 Å². The van der Waals surface area contributed by atoms with Crippen molar-refractivity contribution in [1.29, 1.82) is 0 Å². The summed E-state index contributed by atoms with van der Waals surface area (Å²) in [6.45, 7) is 0. The molecule has 8 heteroatoms. The zero-order valence-electron chi connectivity index (χ0n) is 10.2. The molecule has 0 unspecified atom stereocenters. The van der Waals surface area contributed by atoms with Gasteiger partial charge in [-0.15, -0.1) is 0 Å². The van der Waals surface area contributed by atoms with Gasteiger partial charge in [0.25, 0.3) is 0 Å². The molecule has 0 heterocycles. The normalized spacial score (nSPS) is 10.5. The summed E-state index contributed by atoms with van der Waals surface area (Å²) in [5.41, 5.74) is -2.59. The first-order chi connectivity index (χ1) is 9.75. The molecule has 0 aliphatic heterocycles. The Kier molecular flexibility index (Phi) is 3.14. The molecular formula is C13H8O8. The summed E-state index contributed by atoms with van der Waals surface area (Å²) < 4.78 is 0. The van der Waals surface area contributed by atoms with Gasteiger partial charge in [0.1, 0.15) is 0 Å². The van der Waals surface area contributed by atoms with Gasteiger partial charge in [0.05, 0.1) is 16.7 Å². The number of phenols is 2. The number of carboxylic acid groups (broad SMARTS) is 3. The molecule has 0 spiro atoms. The Labute approximate surface area is 116 Å². The molecule has 0 saturated heterocycles. The van der Waals surface area contributed by atoms with Crippen molar-refractivity contribution in [2.24, 2.45) is 0 Å². The van der Waals surface area contributed by atoms with Gasteiger partial charge < -0.3 is 25.5 Å². The first-order valence-electron chi connectivity index (χ1n) is 5.47. The van der Waals surface area contributed by atoms with Crippen LogP contribution in [0.15, 0.2) is 18.2 Å². The maximum Gasteiger partial charge on any atom is 0.337 e. The zero-order valence-corrected chi connectivity index (χ0v) is 10.2. The first kappa shape index (κ1) is 14.1. The molecule has 108 valence electrons. The van der Waals surface area contributed by atoms with Crippen LogP contribution in [0.5, 0.6) is 11.5 Å². The number of phenolic OH excluding ortho intramolecular Hbond substituents is 2. The third-order valence-electron chi connectivity index (χ3n) is 2.92. The molecular weight excluding hydrogens is 284 g/mol. The molecule has 0 aliphatic rings. The van der Waals surface area contributed by atoms with Crippen molar-refractivity contribution in [3.05, 3.63) is 34.9 Å². The van der Waals surface area contributed by atoms with Crippen LogP contribution in [0.25, 0.3) is 10.8 Å². The molecule has 0 saturated carbocycles. The first-order valence-corrected chi connectivity index (χ1v) is 5.47. The Bertz CT molecular complexity index is 806. The van der Waals surface area contributed by atoms with E-state index in [0.717, 1.165) is 12.1 Å². The van der Waals surface area contributed by atoms with E-state index in [4.69, 9.17) is 10.2 Å². The Balaban J connectivity index is 3.15. The molecule has 0 aliphatic carbocycles. The lowest BCUT2D eigenvalue weighted by Gasteiger charge is -2.12. The largest absolute Gasteiger partial charge is 0.504 e. The molecule has 0 fully saturated rings. The summed E-state index contributed by atoms with van der Waals surface area (Å²) >= 11 is 0. The van der Waals surface area contributed by atoms with Crippen LogP contribution in [0.1, 0.15) is 31.1 Å². The lowest BCUT2D eigenvalue weighted by atomic mass is 9.93. The number of aromatic hydroxyl groups is 2. The molecule has 0 atom stereocenters. The van der Waals surface area contributed by atoms with Crippen molar-refractivity contribution in [2.75, 3.05) is 0 Å². The van der Waals surface area contributed by atoms with E-state index in [2.05, 4.69) is 0 Å². The van der Waals surface area contributed by atoms with E-state index < -0.39 is 51.5 Å². The Morgan fingerprint density at radius 2 is 1.38 bits per heavy atom. The Morgan fingerprint density at radius 1 is 0.810 bits per heavy atom. The van der Waals surface area contributed by atoms with Gasteiger partial charge in [-0.1, -0.05) is 6.07 Å². The maximum absolute atomic E-state index is 11.3. The highest BCUT2D eigenvalue weighted by Crippen LogP contribution is 2.38. The fourth-order valence-electron chi connectivity index (χ4n) is 2.07. The predicted octanol–water partition coefficient (Wildman–Crippen LogP) is 1.35. The highest BCUT2D eigenvalue weighted by molar-refractivity contribution is 6.18. The number of carbonyl (C=O) groups is 3. The van der Waals surface area contributed by atoms with Crippen molar-refractivity contribution in [3.63, 3.8) is 0 Å². The lowest BCUT2D eigenvalue weighted by Crippen LogP contribution is -2.15. The number of hydrogen-bond donors (Lipinski definition) is 5. The predicted molar refractivity (Wildman–Crippen MR) is 68.2 cm³/mol. The van der Waals surface area contributed by atoms with Crippen molar-refractivity contribution in [1.82, 2.24) is 0 Å². The molecule has 2 aromatic carbocycles. The average Bonchev–Trinajstić information content (AvgIpc) is 2.40. The van der Waals surface area contributed by atoms with E-state index in [1.54, 1.807) is 0 Å². The molecule has 0 amide bonds. The van der Waals surface area contributed by atoms with E-state index in [9.17, 15) is 29.7 Å². The fourth-order valence-corrected chi connectivity index (χ4v) is 2.07. The van der Waals surface area contributed by atoms with Gasteiger partial charge in [-0.05, 0) is 17.5 Å². The average molecular weight is 292 g/mol. The van der Waals surface area contributed by atoms with Gasteiger partial charge in [-0.2, -0.15) is 0 Å². The Morgan fingerprint density at radius 3 is 1.86 bits per heavy atom. The summed E-state index contributed by atoms with van der Waals surface area (Å²) in [4.78, 5) is 33.7. The van der Waals surface area contributed by atoms with E-state index in [0.29, 0.717) is 0 Å². The van der Waals surface area contributed by atoms with Crippen LogP contribution in [0.2, 0.25) is 0 Å². The van der Waals surface area contributed by atoms with Crippen molar-refractivity contribution < 1.29 is 39.9 Å². The van der Waals surface area contributed by atoms with Crippen molar-refractivity contribution in [2.45, 2.75) is 0 Å². The highest BCUT2D eigenvalue weighted by Gasteiger charge is 2.28. The third kappa shape index (κ3) is 2.08. The van der Waals surface area contributed by atoms with Gasteiger partial charge in [0, 0.05) is 5.39 Å². The van der Waals surface area contributed by atoms with Crippen molar-refractivity contribution in [3.8, 4) is 11.5 Å². The molecule has 0 bridgehead atoms. The number of rotatable bonds is 3. The van der Waals surface area contributed by atoms with E-state index in [-0.39, 0.29) is 5.39 Å². The topological polar surface area (TPSA) is 152 Å². The van der Waals surface area contributed by atoms with Crippen LogP contribution >= 0.6 is 0 Å². The van der Waals surface area contributed by atoms with Gasteiger partial charge in [0.2, 0.25) is 0 Å². The highest BCUT2D eigenvalue weighted by atomic mass is 16.4. The van der Waals surface area contributed by atoms with Crippen LogP contribution in [0.4, 0.5) is 0 Å². The lowest BCUT2D eigenvalue weighted by molar-refractivity contribution is 0.0634. The standard InChI is InChI=1S/C13H8O8/c14-6-2-1-4-3-5(11(16)17)8(12(18)19)9(13(20)21)7(4)10(6)15/h1-3,14-15H,(H,16,17)(H,18,19)(H,20,21). The van der Waals surface area contributed by atoms with Crippen LogP contribution in [-0.2, 0) is 0 Å². The number of carboxylic acids is 3. The summed E-state index contributed by atoms with van der Waals surface area (Å²) in [6.07, 6.45) is 0.